The van der Waals surface area contributed by atoms with Gasteiger partial charge in [0.25, 0.3) is 5.91 Å². The predicted molar refractivity (Wildman–Crippen MR) is 89.8 cm³/mol. The molecule has 24 heavy (non-hydrogen) atoms. The number of hydrogen-bond donors (Lipinski definition) is 2. The van der Waals surface area contributed by atoms with Crippen LogP contribution >= 0.6 is 0 Å². The number of fused-ring (bicyclic) bond motifs is 1. The number of aromatic nitrogens is 1. The molecule has 0 spiro atoms. The number of carbonyl (C=O) groups is 2. The first-order chi connectivity index (χ1) is 11.5. The smallest absolute Gasteiger partial charge is 0.251 e. The SMILES string of the molecule is CC(C)c1ocnc1CNC(=O)c1ccc2c(c1)NC(=O)CCC2. The summed E-state index contributed by atoms with van der Waals surface area (Å²) in [6.45, 7) is 4.34. The van der Waals surface area contributed by atoms with E-state index in [1.807, 2.05) is 19.9 Å². The number of nitrogens with one attached hydrogen (secondary N) is 2. The maximum atomic E-state index is 12.4. The summed E-state index contributed by atoms with van der Waals surface area (Å²) < 4.78 is 5.35. The van der Waals surface area contributed by atoms with Crippen molar-refractivity contribution in [2.45, 2.75) is 45.6 Å². The fraction of sp³-hybridized carbons (Fsp3) is 0.389. The molecule has 0 aliphatic carbocycles. The third-order valence-electron chi connectivity index (χ3n) is 4.11. The standard InChI is InChI=1S/C18H21N3O3/c1-11(2)17-15(20-10-24-17)9-19-18(23)13-7-6-12-4-3-5-16(22)21-14(12)8-13/h6-8,10-11H,3-5,9H2,1-2H3,(H,19,23)(H,21,22). The average Bonchev–Trinajstić information content (AvgIpc) is 2.94. The molecule has 1 aliphatic heterocycles. The summed E-state index contributed by atoms with van der Waals surface area (Å²) >= 11 is 0. The van der Waals surface area contributed by atoms with Gasteiger partial charge < -0.3 is 15.1 Å². The first kappa shape index (κ1) is 16.2. The van der Waals surface area contributed by atoms with Gasteiger partial charge in [0, 0.05) is 23.6 Å². The lowest BCUT2D eigenvalue weighted by Crippen LogP contribution is -2.24. The Morgan fingerprint density at radius 2 is 2.21 bits per heavy atom. The van der Waals surface area contributed by atoms with Crippen molar-refractivity contribution in [2.24, 2.45) is 0 Å². The molecule has 0 radical (unpaired) electrons. The second-order valence-corrected chi connectivity index (χ2v) is 6.27. The summed E-state index contributed by atoms with van der Waals surface area (Å²) in [5.41, 5.74) is 3.05. The van der Waals surface area contributed by atoms with Crippen LogP contribution in [0.4, 0.5) is 5.69 Å². The highest BCUT2D eigenvalue weighted by Gasteiger charge is 2.17. The molecular formula is C18H21N3O3. The Kier molecular flexibility index (Phi) is 4.64. The molecule has 2 aromatic rings. The molecule has 126 valence electrons. The van der Waals surface area contributed by atoms with Gasteiger partial charge >= 0.3 is 0 Å². The third-order valence-corrected chi connectivity index (χ3v) is 4.11. The fourth-order valence-corrected chi connectivity index (χ4v) is 2.85. The Bertz CT molecular complexity index is 765. The van der Waals surface area contributed by atoms with Crippen LogP contribution in [0.3, 0.4) is 0 Å². The lowest BCUT2D eigenvalue weighted by Gasteiger charge is -2.10. The van der Waals surface area contributed by atoms with E-state index in [1.54, 1.807) is 12.1 Å². The van der Waals surface area contributed by atoms with Crippen LogP contribution in [0.1, 0.15) is 60.0 Å². The molecule has 1 aliphatic rings. The van der Waals surface area contributed by atoms with Gasteiger partial charge in [-0.3, -0.25) is 9.59 Å². The Balaban J connectivity index is 1.71. The third kappa shape index (κ3) is 3.48. The van der Waals surface area contributed by atoms with Crippen molar-refractivity contribution in [3.05, 3.63) is 47.2 Å². The highest BCUT2D eigenvalue weighted by molar-refractivity contribution is 5.98. The van der Waals surface area contributed by atoms with Crippen molar-refractivity contribution in [3.63, 3.8) is 0 Å². The molecule has 0 atom stereocenters. The summed E-state index contributed by atoms with van der Waals surface area (Å²) in [6, 6.07) is 5.43. The number of benzene rings is 1. The number of hydrogen-bond acceptors (Lipinski definition) is 4. The van der Waals surface area contributed by atoms with Crippen molar-refractivity contribution in [1.82, 2.24) is 10.3 Å². The van der Waals surface area contributed by atoms with Gasteiger partial charge in [0.15, 0.2) is 6.39 Å². The van der Waals surface area contributed by atoms with Crippen molar-refractivity contribution in [1.29, 1.82) is 0 Å². The van der Waals surface area contributed by atoms with E-state index in [1.165, 1.54) is 6.39 Å². The second-order valence-electron chi connectivity index (χ2n) is 6.27. The zero-order valence-electron chi connectivity index (χ0n) is 13.9. The fourth-order valence-electron chi connectivity index (χ4n) is 2.85. The lowest BCUT2D eigenvalue weighted by molar-refractivity contribution is -0.116. The van der Waals surface area contributed by atoms with Crippen LogP contribution in [0.5, 0.6) is 0 Å². The molecule has 6 nitrogen and oxygen atoms in total. The van der Waals surface area contributed by atoms with E-state index in [4.69, 9.17) is 4.42 Å². The van der Waals surface area contributed by atoms with Gasteiger partial charge in [0.2, 0.25) is 5.91 Å². The minimum Gasteiger partial charge on any atom is -0.448 e. The summed E-state index contributed by atoms with van der Waals surface area (Å²) in [5.74, 6) is 0.788. The molecule has 1 aromatic carbocycles. The summed E-state index contributed by atoms with van der Waals surface area (Å²) in [5, 5.41) is 5.72. The van der Waals surface area contributed by atoms with E-state index in [-0.39, 0.29) is 17.7 Å². The van der Waals surface area contributed by atoms with E-state index in [0.717, 1.165) is 35.5 Å². The van der Waals surface area contributed by atoms with Gasteiger partial charge in [-0.1, -0.05) is 19.9 Å². The zero-order valence-corrected chi connectivity index (χ0v) is 13.9. The number of oxazole rings is 1. The van der Waals surface area contributed by atoms with Crippen LogP contribution in [0, 0.1) is 0 Å². The maximum absolute atomic E-state index is 12.4. The van der Waals surface area contributed by atoms with Crippen LogP contribution in [0.25, 0.3) is 0 Å². The van der Waals surface area contributed by atoms with Gasteiger partial charge in [0.1, 0.15) is 11.5 Å². The minimum atomic E-state index is -0.200. The van der Waals surface area contributed by atoms with Crippen LogP contribution < -0.4 is 10.6 Å². The molecular weight excluding hydrogens is 306 g/mol. The molecule has 0 fully saturated rings. The van der Waals surface area contributed by atoms with Gasteiger partial charge in [-0.15, -0.1) is 0 Å². The van der Waals surface area contributed by atoms with Gasteiger partial charge in [0.05, 0.1) is 6.54 Å². The van der Waals surface area contributed by atoms with Crippen molar-refractivity contribution in [3.8, 4) is 0 Å². The summed E-state index contributed by atoms with van der Waals surface area (Å²) in [4.78, 5) is 28.2. The molecule has 1 aromatic heterocycles. The molecule has 0 saturated heterocycles. The number of anilines is 1. The molecule has 0 unspecified atom stereocenters. The van der Waals surface area contributed by atoms with Crippen molar-refractivity contribution in [2.75, 3.05) is 5.32 Å². The van der Waals surface area contributed by atoms with Gasteiger partial charge in [-0.25, -0.2) is 4.98 Å². The molecule has 0 saturated carbocycles. The summed E-state index contributed by atoms with van der Waals surface area (Å²) in [6.07, 6.45) is 3.58. The topological polar surface area (TPSA) is 84.2 Å². The number of aryl methyl sites for hydroxylation is 1. The van der Waals surface area contributed by atoms with Crippen LogP contribution in [-0.4, -0.2) is 16.8 Å². The number of amides is 2. The van der Waals surface area contributed by atoms with Crippen LogP contribution in [0.15, 0.2) is 29.0 Å². The molecule has 0 bridgehead atoms. The van der Waals surface area contributed by atoms with Crippen molar-refractivity contribution < 1.29 is 14.0 Å². The number of rotatable bonds is 4. The second kappa shape index (κ2) is 6.86. The molecule has 6 heteroatoms. The molecule has 2 amide bonds. The van der Waals surface area contributed by atoms with E-state index in [9.17, 15) is 9.59 Å². The largest absolute Gasteiger partial charge is 0.448 e. The normalized spacial score (nSPS) is 14.0. The highest BCUT2D eigenvalue weighted by atomic mass is 16.3. The zero-order chi connectivity index (χ0) is 17.1. The number of nitrogens with zero attached hydrogens (tertiary/aromatic N) is 1. The Hall–Kier alpha value is -2.63. The summed E-state index contributed by atoms with van der Waals surface area (Å²) in [7, 11) is 0. The first-order valence-electron chi connectivity index (χ1n) is 8.18. The van der Waals surface area contributed by atoms with E-state index >= 15 is 0 Å². The van der Waals surface area contributed by atoms with E-state index in [0.29, 0.717) is 18.5 Å². The van der Waals surface area contributed by atoms with Crippen molar-refractivity contribution >= 4 is 17.5 Å². The Labute approximate surface area is 140 Å². The lowest BCUT2D eigenvalue weighted by atomic mass is 10.0. The monoisotopic (exact) mass is 327 g/mol. The Morgan fingerprint density at radius 3 is 3.00 bits per heavy atom. The average molecular weight is 327 g/mol. The quantitative estimate of drug-likeness (QED) is 0.904. The molecule has 2 N–H and O–H groups in total. The highest BCUT2D eigenvalue weighted by Crippen LogP contribution is 2.23. The number of carbonyl (C=O) groups excluding carboxylic acids is 2. The van der Waals surface area contributed by atoms with Crippen LogP contribution in [-0.2, 0) is 17.8 Å². The first-order valence-corrected chi connectivity index (χ1v) is 8.18. The predicted octanol–water partition coefficient (Wildman–Crippen LogP) is 3.00. The molecule has 3 rings (SSSR count). The Morgan fingerprint density at radius 1 is 1.38 bits per heavy atom. The maximum Gasteiger partial charge on any atom is 0.251 e. The van der Waals surface area contributed by atoms with E-state index in [2.05, 4.69) is 15.6 Å². The molecule has 2 heterocycles. The van der Waals surface area contributed by atoms with Crippen LogP contribution in [0.2, 0.25) is 0 Å². The minimum absolute atomic E-state index is 0.00418. The van der Waals surface area contributed by atoms with E-state index < -0.39 is 0 Å². The van der Waals surface area contributed by atoms with Gasteiger partial charge in [-0.05, 0) is 30.5 Å². The van der Waals surface area contributed by atoms with Gasteiger partial charge in [-0.2, -0.15) is 0 Å².